The van der Waals surface area contributed by atoms with Gasteiger partial charge in [-0.25, -0.2) is 17.9 Å². The van der Waals surface area contributed by atoms with Gasteiger partial charge in [0, 0.05) is 18.7 Å². The molecule has 0 fully saturated rings. The monoisotopic (exact) mass is 507 g/mol. The van der Waals surface area contributed by atoms with E-state index in [1.807, 2.05) is 42.0 Å². The molecule has 188 valence electrons. The third kappa shape index (κ3) is 6.73. The maximum absolute atomic E-state index is 13.6. The number of hydrogen-bond acceptors (Lipinski definition) is 5. The summed E-state index contributed by atoms with van der Waals surface area (Å²) in [7, 11) is -2.62. The summed E-state index contributed by atoms with van der Waals surface area (Å²) in [5.74, 6) is 0.263. The van der Waals surface area contributed by atoms with Gasteiger partial charge in [0.1, 0.15) is 11.8 Å². The predicted molar refractivity (Wildman–Crippen MR) is 140 cm³/mol. The Balaban J connectivity index is 1.84. The van der Waals surface area contributed by atoms with E-state index in [1.165, 1.54) is 23.1 Å². The van der Waals surface area contributed by atoms with Crippen LogP contribution in [0.15, 0.2) is 90.3 Å². The van der Waals surface area contributed by atoms with Gasteiger partial charge >= 0.3 is 6.03 Å². The number of sulfonamides is 1. The van der Waals surface area contributed by atoms with Crippen LogP contribution in [0.5, 0.6) is 5.75 Å². The lowest BCUT2D eigenvalue weighted by atomic mass is 10.0. The minimum atomic E-state index is -4.17. The van der Waals surface area contributed by atoms with Crippen LogP contribution >= 0.6 is 0 Å². The summed E-state index contributed by atoms with van der Waals surface area (Å²) in [6.45, 7) is 5.79. The lowest BCUT2D eigenvalue weighted by Crippen LogP contribution is -2.53. The highest BCUT2D eigenvalue weighted by Gasteiger charge is 2.28. The smallest absolute Gasteiger partial charge is 0.329 e. The van der Waals surface area contributed by atoms with E-state index in [9.17, 15) is 18.0 Å². The molecule has 0 heterocycles. The maximum atomic E-state index is 13.6. The van der Waals surface area contributed by atoms with Crippen molar-refractivity contribution in [3.8, 4) is 5.75 Å². The van der Waals surface area contributed by atoms with E-state index >= 15 is 0 Å². The topological polar surface area (TPSA) is 105 Å². The first kappa shape index (κ1) is 26.5. The molecular formula is C27H29N3O5S. The Morgan fingerprint density at radius 2 is 1.72 bits per heavy atom. The summed E-state index contributed by atoms with van der Waals surface area (Å²) in [4.78, 5) is 27.8. The first-order valence-electron chi connectivity index (χ1n) is 11.3. The summed E-state index contributed by atoms with van der Waals surface area (Å²) < 4.78 is 32.8. The van der Waals surface area contributed by atoms with Crippen LogP contribution in [0.1, 0.15) is 18.1 Å². The zero-order chi connectivity index (χ0) is 26.1. The molecule has 2 N–H and O–H groups in total. The van der Waals surface area contributed by atoms with Gasteiger partial charge < -0.3 is 15.0 Å². The van der Waals surface area contributed by atoms with E-state index in [0.717, 1.165) is 5.56 Å². The lowest BCUT2D eigenvalue weighted by molar-refractivity contribution is -0.120. The quantitative estimate of drug-likeness (QED) is 0.432. The molecule has 3 amide bonds. The molecule has 0 saturated carbocycles. The molecule has 0 aliphatic carbocycles. The second-order valence-corrected chi connectivity index (χ2v) is 9.56. The van der Waals surface area contributed by atoms with Gasteiger partial charge in [-0.1, -0.05) is 55.1 Å². The molecule has 8 nitrogen and oxygen atoms in total. The Morgan fingerprint density at radius 3 is 2.33 bits per heavy atom. The molecule has 3 aromatic carbocycles. The number of likely N-dealkylation sites (N-methyl/N-ethyl adjacent to an activating group) is 1. The zero-order valence-electron chi connectivity index (χ0n) is 20.2. The van der Waals surface area contributed by atoms with Crippen LogP contribution in [-0.2, 0) is 21.2 Å². The number of nitrogens with one attached hydrogen (secondary N) is 2. The third-order valence-electron chi connectivity index (χ3n) is 5.48. The summed E-state index contributed by atoms with van der Waals surface area (Å²) in [5.41, 5.74) is 2.02. The van der Waals surface area contributed by atoms with Gasteiger partial charge in [-0.15, -0.1) is 0 Å². The summed E-state index contributed by atoms with van der Waals surface area (Å²) in [6, 6.07) is 20.1. The van der Waals surface area contributed by atoms with Crippen molar-refractivity contribution in [1.29, 1.82) is 0 Å². The number of hydrogen-bond donors (Lipinski definition) is 2. The molecule has 9 heteroatoms. The van der Waals surface area contributed by atoms with E-state index in [0.29, 0.717) is 23.5 Å². The van der Waals surface area contributed by atoms with E-state index in [1.54, 1.807) is 43.5 Å². The number of carbonyl (C=O) groups is 2. The first-order chi connectivity index (χ1) is 17.3. The molecule has 0 radical (unpaired) electrons. The van der Waals surface area contributed by atoms with Crippen molar-refractivity contribution >= 4 is 33.7 Å². The Kier molecular flexibility index (Phi) is 8.86. The van der Waals surface area contributed by atoms with Gasteiger partial charge in [-0.2, -0.15) is 0 Å². The summed E-state index contributed by atoms with van der Waals surface area (Å²) >= 11 is 0. The average molecular weight is 508 g/mol. The molecule has 0 aliphatic heterocycles. The van der Waals surface area contributed by atoms with Gasteiger partial charge in [0.25, 0.3) is 10.0 Å². The Labute approximate surface area is 211 Å². The van der Waals surface area contributed by atoms with Crippen LogP contribution in [0.3, 0.4) is 0 Å². The maximum Gasteiger partial charge on any atom is 0.329 e. The van der Waals surface area contributed by atoms with Crippen LogP contribution < -0.4 is 19.7 Å². The number of methoxy groups -OCH3 is 1. The minimum absolute atomic E-state index is 0.0885. The molecule has 0 saturated heterocycles. The van der Waals surface area contributed by atoms with Crippen molar-refractivity contribution in [2.24, 2.45) is 0 Å². The lowest BCUT2D eigenvalue weighted by Gasteiger charge is -2.27. The number of carbonyl (C=O) groups excluding carboxylic acids is 2. The number of ether oxygens (including phenoxy) is 1. The molecule has 0 aliphatic rings. The van der Waals surface area contributed by atoms with Crippen molar-refractivity contribution in [1.82, 2.24) is 10.0 Å². The third-order valence-corrected chi connectivity index (χ3v) is 6.81. The fraction of sp³-hybridized carbons (Fsp3) is 0.185. The van der Waals surface area contributed by atoms with Gasteiger partial charge in [-0.3, -0.25) is 4.79 Å². The summed E-state index contributed by atoms with van der Waals surface area (Å²) in [5, 5.41) is 2.56. The molecule has 0 aromatic heterocycles. The first-order valence-corrected chi connectivity index (χ1v) is 12.8. The van der Waals surface area contributed by atoms with Crippen LogP contribution in [0, 0.1) is 0 Å². The van der Waals surface area contributed by atoms with E-state index in [4.69, 9.17) is 4.74 Å². The van der Waals surface area contributed by atoms with Gasteiger partial charge in [0.2, 0.25) is 5.91 Å². The highest BCUT2D eigenvalue weighted by atomic mass is 32.2. The fourth-order valence-electron chi connectivity index (χ4n) is 3.64. The Hall–Kier alpha value is -4.11. The normalized spacial score (nSPS) is 11.7. The van der Waals surface area contributed by atoms with Crippen LogP contribution in [-0.4, -0.2) is 40.1 Å². The van der Waals surface area contributed by atoms with Crippen LogP contribution in [0.25, 0.3) is 6.08 Å². The Bertz CT molecular complexity index is 1310. The van der Waals surface area contributed by atoms with Crippen molar-refractivity contribution < 1.29 is 22.7 Å². The molecule has 0 unspecified atom stereocenters. The molecule has 3 aromatic rings. The number of nitrogens with zero attached hydrogens (tertiary/aromatic N) is 1. The molecule has 0 bridgehead atoms. The van der Waals surface area contributed by atoms with E-state index in [2.05, 4.69) is 11.9 Å². The molecule has 0 spiro atoms. The van der Waals surface area contributed by atoms with Crippen molar-refractivity contribution in [2.45, 2.75) is 24.3 Å². The van der Waals surface area contributed by atoms with Crippen molar-refractivity contribution in [3.63, 3.8) is 0 Å². The molecular weight excluding hydrogens is 478 g/mol. The number of urea groups is 1. The number of anilines is 1. The van der Waals surface area contributed by atoms with Gasteiger partial charge in [-0.05, 0) is 54.4 Å². The van der Waals surface area contributed by atoms with Crippen LogP contribution in [0.4, 0.5) is 10.5 Å². The molecule has 3 rings (SSSR count). The standard InChI is InChI=1S/C27H29N3O5S/c1-4-20-12-9-13-24(18-20)36(33,34)29-27(32)28-25(19-21-10-7-6-8-11-21)26(31)30(5-2)22-14-16-23(35-3)17-15-22/h4,6-18,25H,1,5,19H2,2-3H3,(H2,28,29,32)/t25-/m0/s1. The summed E-state index contributed by atoms with van der Waals surface area (Å²) in [6.07, 6.45) is 1.68. The average Bonchev–Trinajstić information content (AvgIpc) is 2.89. The number of amides is 3. The predicted octanol–water partition coefficient (Wildman–Crippen LogP) is 3.99. The number of benzene rings is 3. The zero-order valence-corrected chi connectivity index (χ0v) is 21.0. The highest BCUT2D eigenvalue weighted by molar-refractivity contribution is 7.90. The van der Waals surface area contributed by atoms with Crippen molar-refractivity contribution in [2.75, 3.05) is 18.6 Å². The van der Waals surface area contributed by atoms with Crippen molar-refractivity contribution in [3.05, 3.63) is 96.6 Å². The van der Waals surface area contributed by atoms with Gasteiger partial charge in [0.15, 0.2) is 0 Å². The second kappa shape index (κ2) is 12.0. The van der Waals surface area contributed by atoms with E-state index < -0.39 is 22.1 Å². The largest absolute Gasteiger partial charge is 0.497 e. The molecule has 1 atom stereocenters. The SMILES string of the molecule is C=Cc1cccc(S(=O)(=O)NC(=O)N[C@@H](Cc2ccccc2)C(=O)N(CC)c2ccc(OC)cc2)c1. The minimum Gasteiger partial charge on any atom is -0.497 e. The van der Waals surface area contributed by atoms with Crippen LogP contribution in [0.2, 0.25) is 0 Å². The molecule has 36 heavy (non-hydrogen) atoms. The Morgan fingerprint density at radius 1 is 1.03 bits per heavy atom. The second-order valence-electron chi connectivity index (χ2n) is 7.88. The number of rotatable bonds is 10. The fourth-order valence-corrected chi connectivity index (χ4v) is 4.61. The highest BCUT2D eigenvalue weighted by Crippen LogP contribution is 2.21. The van der Waals surface area contributed by atoms with Gasteiger partial charge in [0.05, 0.1) is 12.0 Å². The van der Waals surface area contributed by atoms with E-state index in [-0.39, 0.29) is 17.2 Å².